The number of benzene rings is 1. The lowest BCUT2D eigenvalue weighted by atomic mass is 9.70. The van der Waals surface area contributed by atoms with Crippen LogP contribution >= 0.6 is 0 Å². The van der Waals surface area contributed by atoms with E-state index < -0.39 is 12.0 Å². The monoisotopic (exact) mass is 292 g/mol. The number of carbonyl (C=O) groups excluding carboxylic acids is 1. The van der Waals surface area contributed by atoms with Crippen LogP contribution in [0.4, 0.5) is 10.5 Å². The Balaban J connectivity index is 2.01. The summed E-state index contributed by atoms with van der Waals surface area (Å²) < 4.78 is 4.99. The Morgan fingerprint density at radius 2 is 2.10 bits per heavy atom. The average molecular weight is 292 g/mol. The zero-order valence-corrected chi connectivity index (χ0v) is 12.2. The van der Waals surface area contributed by atoms with Gasteiger partial charge in [-0.3, -0.25) is 0 Å². The quantitative estimate of drug-likeness (QED) is 0.778. The molecule has 0 atom stereocenters. The molecule has 1 saturated carbocycles. The molecule has 2 amide bonds. The molecule has 0 aliphatic heterocycles. The standard InChI is InChI=1S/C15H20N2O4/c1-15(6-3-7-15)9-16-14(20)17-12-5-4-10(21-2)8-11(12)13(18)19/h4-5,8H,3,6-7,9H2,1-2H3,(H,18,19)(H2,16,17,20). The van der Waals surface area contributed by atoms with Gasteiger partial charge in [0, 0.05) is 6.54 Å². The van der Waals surface area contributed by atoms with Crippen LogP contribution in [-0.4, -0.2) is 30.8 Å². The fourth-order valence-electron chi connectivity index (χ4n) is 2.35. The normalized spacial score (nSPS) is 15.7. The molecular weight excluding hydrogens is 272 g/mol. The number of carbonyl (C=O) groups is 2. The smallest absolute Gasteiger partial charge is 0.337 e. The Labute approximate surface area is 123 Å². The lowest BCUT2D eigenvalue weighted by Gasteiger charge is -2.38. The summed E-state index contributed by atoms with van der Waals surface area (Å²) in [5.74, 6) is -0.685. The lowest BCUT2D eigenvalue weighted by molar-refractivity contribution is 0.0697. The van der Waals surface area contributed by atoms with Crippen molar-refractivity contribution >= 4 is 17.7 Å². The van der Waals surface area contributed by atoms with Gasteiger partial charge >= 0.3 is 12.0 Å². The summed E-state index contributed by atoms with van der Waals surface area (Å²) in [5, 5.41) is 14.5. The van der Waals surface area contributed by atoms with Gasteiger partial charge in [0.05, 0.1) is 18.4 Å². The van der Waals surface area contributed by atoms with Gasteiger partial charge in [-0.25, -0.2) is 9.59 Å². The summed E-state index contributed by atoms with van der Waals surface area (Å²) in [5.41, 5.74) is 0.422. The molecule has 6 nitrogen and oxygen atoms in total. The molecule has 0 heterocycles. The number of anilines is 1. The zero-order chi connectivity index (χ0) is 15.5. The SMILES string of the molecule is COc1ccc(NC(=O)NCC2(C)CCC2)c(C(=O)O)c1. The molecule has 114 valence electrons. The Kier molecular flexibility index (Phi) is 4.35. The molecule has 1 aliphatic carbocycles. The number of rotatable bonds is 5. The topological polar surface area (TPSA) is 87.7 Å². The van der Waals surface area contributed by atoms with Crippen molar-refractivity contribution in [3.63, 3.8) is 0 Å². The molecule has 1 aliphatic rings. The van der Waals surface area contributed by atoms with E-state index in [0.717, 1.165) is 12.8 Å². The molecule has 1 aromatic carbocycles. The van der Waals surface area contributed by atoms with E-state index in [-0.39, 0.29) is 16.7 Å². The summed E-state index contributed by atoms with van der Waals surface area (Å²) in [6.45, 7) is 2.73. The maximum atomic E-state index is 11.9. The molecule has 0 saturated heterocycles. The number of nitrogens with one attached hydrogen (secondary N) is 2. The third kappa shape index (κ3) is 3.65. The number of hydrogen-bond donors (Lipinski definition) is 3. The predicted octanol–water partition coefficient (Wildman–Crippen LogP) is 2.71. The maximum absolute atomic E-state index is 11.9. The molecule has 3 N–H and O–H groups in total. The van der Waals surface area contributed by atoms with Gasteiger partial charge in [-0.1, -0.05) is 13.3 Å². The Morgan fingerprint density at radius 3 is 2.62 bits per heavy atom. The zero-order valence-electron chi connectivity index (χ0n) is 12.2. The van der Waals surface area contributed by atoms with Gasteiger partial charge in [0.2, 0.25) is 0 Å². The number of carboxylic acid groups (broad SMARTS) is 1. The highest BCUT2D eigenvalue weighted by atomic mass is 16.5. The van der Waals surface area contributed by atoms with E-state index in [1.54, 1.807) is 6.07 Å². The summed E-state index contributed by atoms with van der Waals surface area (Å²) in [6, 6.07) is 4.11. The molecular formula is C15H20N2O4. The molecule has 1 aromatic rings. The number of ether oxygens (including phenoxy) is 1. The van der Waals surface area contributed by atoms with Gasteiger partial charge in [0.1, 0.15) is 5.75 Å². The second-order valence-electron chi connectivity index (χ2n) is 5.69. The van der Waals surface area contributed by atoms with Gasteiger partial charge in [0.15, 0.2) is 0 Å². The third-order valence-electron chi connectivity index (χ3n) is 3.94. The first-order chi connectivity index (χ1) is 9.93. The molecule has 0 spiro atoms. The molecule has 6 heteroatoms. The van der Waals surface area contributed by atoms with Gasteiger partial charge in [-0.05, 0) is 36.5 Å². The number of urea groups is 1. The number of amides is 2. The van der Waals surface area contributed by atoms with Crippen molar-refractivity contribution < 1.29 is 19.4 Å². The van der Waals surface area contributed by atoms with E-state index >= 15 is 0 Å². The third-order valence-corrected chi connectivity index (χ3v) is 3.94. The van der Waals surface area contributed by atoms with Gasteiger partial charge in [-0.2, -0.15) is 0 Å². The number of hydrogen-bond acceptors (Lipinski definition) is 3. The van der Waals surface area contributed by atoms with Crippen LogP contribution in [0.3, 0.4) is 0 Å². The van der Waals surface area contributed by atoms with Crippen molar-refractivity contribution in [2.24, 2.45) is 5.41 Å². The lowest BCUT2D eigenvalue weighted by Crippen LogP contribution is -2.41. The van der Waals surface area contributed by atoms with Crippen LogP contribution < -0.4 is 15.4 Å². The number of carboxylic acids is 1. The first kappa shape index (κ1) is 15.2. The molecule has 0 bridgehead atoms. The van der Waals surface area contributed by atoms with Crippen molar-refractivity contribution in [3.05, 3.63) is 23.8 Å². The van der Waals surface area contributed by atoms with Crippen molar-refractivity contribution in [1.82, 2.24) is 5.32 Å². The van der Waals surface area contributed by atoms with Crippen molar-refractivity contribution in [2.75, 3.05) is 19.0 Å². The number of aromatic carboxylic acids is 1. The van der Waals surface area contributed by atoms with E-state index in [2.05, 4.69) is 17.6 Å². The van der Waals surface area contributed by atoms with E-state index in [9.17, 15) is 14.7 Å². The molecule has 0 aromatic heterocycles. The minimum Gasteiger partial charge on any atom is -0.497 e. The van der Waals surface area contributed by atoms with Crippen LogP contribution in [-0.2, 0) is 0 Å². The van der Waals surface area contributed by atoms with E-state index in [0.29, 0.717) is 12.3 Å². The largest absolute Gasteiger partial charge is 0.497 e. The van der Waals surface area contributed by atoms with Gasteiger partial charge in [0.25, 0.3) is 0 Å². The molecule has 2 rings (SSSR count). The Hall–Kier alpha value is -2.24. The second-order valence-corrected chi connectivity index (χ2v) is 5.69. The molecule has 1 fully saturated rings. The molecule has 0 unspecified atom stereocenters. The fourth-order valence-corrected chi connectivity index (χ4v) is 2.35. The highest BCUT2D eigenvalue weighted by molar-refractivity contribution is 6.00. The van der Waals surface area contributed by atoms with Gasteiger partial charge in [-0.15, -0.1) is 0 Å². The van der Waals surface area contributed by atoms with E-state index in [1.165, 1.54) is 25.7 Å². The molecule has 21 heavy (non-hydrogen) atoms. The highest BCUT2D eigenvalue weighted by Crippen LogP contribution is 2.39. The van der Waals surface area contributed by atoms with Crippen LogP contribution in [0.5, 0.6) is 5.75 Å². The van der Waals surface area contributed by atoms with Crippen molar-refractivity contribution in [3.8, 4) is 5.75 Å². The van der Waals surface area contributed by atoms with Crippen LogP contribution in [0, 0.1) is 5.41 Å². The highest BCUT2D eigenvalue weighted by Gasteiger charge is 2.31. The minimum atomic E-state index is -1.12. The summed E-state index contributed by atoms with van der Waals surface area (Å²) in [4.78, 5) is 23.1. The average Bonchev–Trinajstić information content (AvgIpc) is 2.43. The van der Waals surface area contributed by atoms with Crippen molar-refractivity contribution in [2.45, 2.75) is 26.2 Å². The Bertz CT molecular complexity index is 553. The van der Waals surface area contributed by atoms with Crippen LogP contribution in [0.25, 0.3) is 0 Å². The summed E-state index contributed by atoms with van der Waals surface area (Å²) >= 11 is 0. The first-order valence-electron chi connectivity index (χ1n) is 6.90. The van der Waals surface area contributed by atoms with Crippen molar-refractivity contribution in [1.29, 1.82) is 0 Å². The first-order valence-corrected chi connectivity index (χ1v) is 6.90. The van der Waals surface area contributed by atoms with Gasteiger partial charge < -0.3 is 20.5 Å². The number of methoxy groups -OCH3 is 1. The summed E-state index contributed by atoms with van der Waals surface area (Å²) in [6.07, 6.45) is 3.41. The van der Waals surface area contributed by atoms with E-state index in [1.807, 2.05) is 0 Å². The molecule has 0 radical (unpaired) electrons. The van der Waals surface area contributed by atoms with E-state index in [4.69, 9.17) is 4.74 Å². The second kappa shape index (κ2) is 6.03. The van der Waals surface area contributed by atoms with Crippen LogP contribution in [0.2, 0.25) is 0 Å². The Morgan fingerprint density at radius 1 is 1.38 bits per heavy atom. The van der Waals surface area contributed by atoms with Crippen LogP contribution in [0.1, 0.15) is 36.5 Å². The minimum absolute atomic E-state index is 0.000596. The fraction of sp³-hybridized carbons (Fsp3) is 0.467. The summed E-state index contributed by atoms with van der Waals surface area (Å²) in [7, 11) is 1.46. The maximum Gasteiger partial charge on any atom is 0.337 e. The predicted molar refractivity (Wildman–Crippen MR) is 78.9 cm³/mol. The van der Waals surface area contributed by atoms with Crippen LogP contribution in [0.15, 0.2) is 18.2 Å².